The molecule has 5 aliphatic carbocycles. The van der Waals surface area contributed by atoms with E-state index in [1.807, 2.05) is 14.2 Å². The minimum atomic E-state index is -0.963. The second-order valence-electron chi connectivity index (χ2n) is 11.7. The lowest BCUT2D eigenvalue weighted by atomic mass is 9.43. The van der Waals surface area contributed by atoms with Crippen molar-refractivity contribution in [1.82, 2.24) is 4.90 Å². The van der Waals surface area contributed by atoms with Crippen molar-refractivity contribution in [2.75, 3.05) is 34.5 Å². The minimum absolute atomic E-state index is 0.00255. The molecule has 0 aromatic heterocycles. The Kier molecular flexibility index (Phi) is 3.92. The lowest BCUT2D eigenvalue weighted by Gasteiger charge is -2.70. The molecule has 0 amide bonds. The van der Waals surface area contributed by atoms with Gasteiger partial charge < -0.3 is 29.2 Å². The van der Waals surface area contributed by atoms with Crippen LogP contribution < -0.4 is 0 Å². The van der Waals surface area contributed by atoms with Gasteiger partial charge in [0.25, 0.3) is 0 Å². The number of fused-ring (bicyclic) bond motifs is 1. The van der Waals surface area contributed by atoms with Crippen molar-refractivity contribution in [2.24, 2.45) is 40.4 Å². The predicted molar refractivity (Wildman–Crippen MR) is 110 cm³/mol. The number of hydrogen-bond acceptors (Lipinski definition) is 7. The summed E-state index contributed by atoms with van der Waals surface area (Å²) in [7, 11) is 5.41. The molecule has 14 atom stereocenters. The third-order valence-electron chi connectivity index (χ3n) is 11.5. The zero-order valence-electron chi connectivity index (χ0n) is 19.1. The van der Waals surface area contributed by atoms with Gasteiger partial charge in [0.1, 0.15) is 6.23 Å². The second kappa shape index (κ2) is 6.04. The molecule has 31 heavy (non-hydrogen) atoms. The summed E-state index contributed by atoms with van der Waals surface area (Å²) in [4.78, 5) is 2.56. The Balaban J connectivity index is 1.50. The molecule has 3 saturated heterocycles. The largest absolute Gasteiger partial charge is 0.392 e. The fourth-order valence-corrected chi connectivity index (χ4v) is 11.2. The van der Waals surface area contributed by atoms with Crippen LogP contribution in [0.3, 0.4) is 0 Å². The molecule has 5 saturated carbocycles. The standard InChI is InChI=1S/C24H37NO6/c1-5-25-20-16-18-19-22(10-28-2,21(25)31-18)7-6-14(30-4)24(19,20)12-8-11-13(29-3)9-23(16,27)15(12)17(11)26/h11-21,26-27H,5-10H2,1-4H3/t11?,12-,13+,14+,15-,16?,17+,18+,19-,20?,21?,22+,23-,24+/m1/s1. The molecule has 0 aromatic carbocycles. The van der Waals surface area contributed by atoms with Crippen LogP contribution in [0.25, 0.3) is 0 Å². The third-order valence-corrected chi connectivity index (χ3v) is 11.5. The summed E-state index contributed by atoms with van der Waals surface area (Å²) in [5, 5.41) is 24.0. The number of aliphatic hydroxyl groups excluding tert-OH is 1. The summed E-state index contributed by atoms with van der Waals surface area (Å²) in [5.74, 6) is 0.485. The molecular formula is C24H37NO6. The van der Waals surface area contributed by atoms with Crippen LogP contribution in [-0.4, -0.2) is 91.9 Å². The van der Waals surface area contributed by atoms with Crippen LogP contribution in [0.15, 0.2) is 0 Å². The molecular weight excluding hydrogens is 398 g/mol. The van der Waals surface area contributed by atoms with Crippen LogP contribution in [0.1, 0.15) is 32.6 Å². The van der Waals surface area contributed by atoms with E-state index in [0.29, 0.717) is 18.9 Å². The van der Waals surface area contributed by atoms with Crippen molar-refractivity contribution in [3.05, 3.63) is 0 Å². The van der Waals surface area contributed by atoms with E-state index in [1.165, 1.54) is 0 Å². The van der Waals surface area contributed by atoms with Crippen LogP contribution in [0.2, 0.25) is 0 Å². The van der Waals surface area contributed by atoms with E-state index >= 15 is 0 Å². The van der Waals surface area contributed by atoms with E-state index in [9.17, 15) is 10.2 Å². The summed E-state index contributed by atoms with van der Waals surface area (Å²) < 4.78 is 25.0. The average molecular weight is 436 g/mol. The Morgan fingerprint density at radius 1 is 1.16 bits per heavy atom. The van der Waals surface area contributed by atoms with E-state index in [0.717, 1.165) is 25.8 Å². The molecule has 8 aliphatic rings. The van der Waals surface area contributed by atoms with E-state index in [-0.39, 0.29) is 65.1 Å². The highest BCUT2D eigenvalue weighted by Gasteiger charge is 2.90. The Morgan fingerprint density at radius 2 is 1.97 bits per heavy atom. The van der Waals surface area contributed by atoms with Crippen molar-refractivity contribution >= 4 is 0 Å². The Hall–Kier alpha value is -0.280. The Bertz CT molecular complexity index is 796. The maximum Gasteiger partial charge on any atom is 0.119 e. The third kappa shape index (κ3) is 1.80. The number of nitrogens with zero attached hydrogens (tertiary/aromatic N) is 1. The minimum Gasteiger partial charge on any atom is -0.392 e. The van der Waals surface area contributed by atoms with Gasteiger partial charge in [0.2, 0.25) is 0 Å². The number of ether oxygens (including phenoxy) is 4. The van der Waals surface area contributed by atoms with E-state index in [4.69, 9.17) is 18.9 Å². The van der Waals surface area contributed by atoms with Crippen LogP contribution in [-0.2, 0) is 18.9 Å². The molecule has 7 heteroatoms. The van der Waals surface area contributed by atoms with Crippen molar-refractivity contribution in [3.8, 4) is 0 Å². The molecule has 4 unspecified atom stereocenters. The summed E-state index contributed by atoms with van der Waals surface area (Å²) in [6.45, 7) is 3.80. The highest BCUT2D eigenvalue weighted by Crippen LogP contribution is 2.82. The van der Waals surface area contributed by atoms with Crippen LogP contribution >= 0.6 is 0 Å². The number of aliphatic hydroxyl groups is 2. The summed E-state index contributed by atoms with van der Waals surface area (Å²) in [6, 6.07) is 0.231. The van der Waals surface area contributed by atoms with Gasteiger partial charge in [-0.05, 0) is 31.7 Å². The van der Waals surface area contributed by atoms with E-state index < -0.39 is 11.7 Å². The monoisotopic (exact) mass is 435 g/mol. The van der Waals surface area contributed by atoms with Crippen molar-refractivity contribution in [1.29, 1.82) is 0 Å². The quantitative estimate of drug-likeness (QED) is 0.663. The van der Waals surface area contributed by atoms with Crippen molar-refractivity contribution in [3.63, 3.8) is 0 Å². The zero-order valence-corrected chi connectivity index (χ0v) is 19.1. The van der Waals surface area contributed by atoms with Gasteiger partial charge in [0, 0.05) is 68.3 Å². The van der Waals surface area contributed by atoms with Gasteiger partial charge in [-0.2, -0.15) is 0 Å². The molecule has 8 fully saturated rings. The van der Waals surface area contributed by atoms with Gasteiger partial charge in [0.05, 0.1) is 36.6 Å². The van der Waals surface area contributed by atoms with E-state index in [2.05, 4.69) is 11.8 Å². The molecule has 3 aliphatic heterocycles. The summed E-state index contributed by atoms with van der Waals surface area (Å²) in [5.41, 5.74) is -1.14. The van der Waals surface area contributed by atoms with Gasteiger partial charge in [-0.1, -0.05) is 6.92 Å². The normalized spacial score (nSPS) is 65.0. The first-order chi connectivity index (χ1) is 15.0. The highest BCUT2D eigenvalue weighted by molar-refractivity contribution is 5.38. The Labute approximate surface area is 184 Å². The average Bonchev–Trinajstić information content (AvgIpc) is 3.27. The first kappa shape index (κ1) is 20.1. The second-order valence-corrected chi connectivity index (χ2v) is 11.7. The molecule has 9 bridgehead atoms. The smallest absolute Gasteiger partial charge is 0.119 e. The number of piperidine rings is 1. The SMILES string of the molecule is CCN1C2O[C@H]3C4C1[C@]1([C@@H](OC)CC[C@]2(COC)[C@@H]31)[C@@H]1CC2[C@@H](OC)C[C@@]4(O)[C@H]1[C@H]2O. The molecule has 2 N–H and O–H groups in total. The topological polar surface area (TPSA) is 80.6 Å². The van der Waals surface area contributed by atoms with Crippen LogP contribution in [0.5, 0.6) is 0 Å². The lowest BCUT2D eigenvalue weighted by Crippen LogP contribution is -2.79. The predicted octanol–water partition coefficient (Wildman–Crippen LogP) is 0.866. The molecule has 1 spiro atoms. The zero-order chi connectivity index (χ0) is 21.5. The maximum atomic E-state index is 12.5. The van der Waals surface area contributed by atoms with Gasteiger partial charge >= 0.3 is 0 Å². The number of hydrogen-bond donors (Lipinski definition) is 2. The van der Waals surface area contributed by atoms with Gasteiger partial charge in [-0.15, -0.1) is 0 Å². The number of methoxy groups -OCH3 is 3. The van der Waals surface area contributed by atoms with Crippen molar-refractivity contribution < 1.29 is 29.2 Å². The number of rotatable bonds is 5. The van der Waals surface area contributed by atoms with Gasteiger partial charge in [0.15, 0.2) is 0 Å². The van der Waals surface area contributed by atoms with Gasteiger partial charge in [-0.3, -0.25) is 4.90 Å². The fourth-order valence-electron chi connectivity index (χ4n) is 11.2. The first-order valence-corrected chi connectivity index (χ1v) is 12.3. The molecule has 174 valence electrons. The molecule has 0 radical (unpaired) electrons. The summed E-state index contributed by atoms with van der Waals surface area (Å²) in [6.07, 6.45) is 3.11. The van der Waals surface area contributed by atoms with Crippen LogP contribution in [0, 0.1) is 40.4 Å². The summed E-state index contributed by atoms with van der Waals surface area (Å²) >= 11 is 0. The highest BCUT2D eigenvalue weighted by atomic mass is 16.5. The maximum absolute atomic E-state index is 12.5. The fraction of sp³-hybridized carbons (Fsp3) is 1.00. The molecule has 8 rings (SSSR count). The molecule has 3 heterocycles. The Morgan fingerprint density at radius 3 is 2.65 bits per heavy atom. The van der Waals surface area contributed by atoms with Gasteiger partial charge in [-0.25, -0.2) is 0 Å². The lowest BCUT2D eigenvalue weighted by molar-refractivity contribution is -0.321. The molecule has 0 aromatic rings. The first-order valence-electron chi connectivity index (χ1n) is 12.3. The van der Waals surface area contributed by atoms with E-state index in [1.54, 1.807) is 7.11 Å². The van der Waals surface area contributed by atoms with Crippen molar-refractivity contribution in [2.45, 2.75) is 74.9 Å². The van der Waals surface area contributed by atoms with Crippen LogP contribution in [0.4, 0.5) is 0 Å². The molecule has 7 nitrogen and oxygen atoms in total.